The molecule has 1 aromatic heterocycles. The second kappa shape index (κ2) is 11.3. The molecule has 0 unspecified atom stereocenters. The first kappa shape index (κ1) is 26.5. The maximum atomic E-state index is 12.3. The Balaban J connectivity index is 1.32. The number of hydrogen-bond acceptors (Lipinski definition) is 7. The molecular weight excluding hydrogens is 496 g/mol. The molecule has 0 amide bonds. The third-order valence-electron chi connectivity index (χ3n) is 7.59. The van der Waals surface area contributed by atoms with E-state index in [0.29, 0.717) is 12.4 Å². The maximum absolute atomic E-state index is 12.3. The van der Waals surface area contributed by atoms with E-state index in [0.717, 1.165) is 77.3 Å². The summed E-state index contributed by atoms with van der Waals surface area (Å²) < 4.78 is 13.7. The van der Waals surface area contributed by atoms with Gasteiger partial charge < -0.3 is 14.4 Å². The van der Waals surface area contributed by atoms with Crippen molar-refractivity contribution in [2.24, 2.45) is 14.1 Å². The number of piperazine rings is 1. The molecule has 1 saturated heterocycles. The minimum absolute atomic E-state index is 0.210. The Labute approximate surface area is 227 Å². The SMILES string of the molecule is COC(=O)Cc1ccc2c(c1)C(=CCCN1CCN(c3cc(=O)n(C)c(=O)n3C)CC1)c1ccccc1CO2. The lowest BCUT2D eigenvalue weighted by molar-refractivity contribution is -0.139. The average Bonchev–Trinajstić information content (AvgIpc) is 3.11. The molecule has 3 heterocycles. The van der Waals surface area contributed by atoms with Gasteiger partial charge in [-0.05, 0) is 40.8 Å². The van der Waals surface area contributed by atoms with Crippen molar-refractivity contribution in [3.05, 3.63) is 97.7 Å². The first-order chi connectivity index (χ1) is 18.9. The minimum atomic E-state index is -0.311. The maximum Gasteiger partial charge on any atom is 0.332 e. The van der Waals surface area contributed by atoms with E-state index in [-0.39, 0.29) is 23.6 Å². The van der Waals surface area contributed by atoms with Gasteiger partial charge in [0.2, 0.25) is 0 Å². The van der Waals surface area contributed by atoms with Gasteiger partial charge in [0.15, 0.2) is 0 Å². The highest BCUT2D eigenvalue weighted by atomic mass is 16.5. The van der Waals surface area contributed by atoms with Crippen molar-refractivity contribution in [1.29, 1.82) is 0 Å². The molecule has 1 fully saturated rings. The van der Waals surface area contributed by atoms with Gasteiger partial charge in [0.25, 0.3) is 5.56 Å². The number of carbonyl (C=O) groups excluding carboxylic acids is 1. The van der Waals surface area contributed by atoms with E-state index in [1.165, 1.54) is 14.2 Å². The fourth-order valence-electron chi connectivity index (χ4n) is 5.31. The number of fused-ring (bicyclic) bond motifs is 2. The smallest absolute Gasteiger partial charge is 0.332 e. The van der Waals surface area contributed by atoms with Gasteiger partial charge in [0.05, 0.1) is 13.5 Å². The van der Waals surface area contributed by atoms with Crippen LogP contribution >= 0.6 is 0 Å². The highest BCUT2D eigenvalue weighted by Crippen LogP contribution is 2.37. The second-order valence-electron chi connectivity index (χ2n) is 10.0. The number of rotatable bonds is 6. The first-order valence-corrected chi connectivity index (χ1v) is 13.2. The van der Waals surface area contributed by atoms with Crippen LogP contribution in [-0.2, 0) is 36.7 Å². The second-order valence-corrected chi connectivity index (χ2v) is 10.0. The molecular formula is C30H34N4O5. The first-order valence-electron chi connectivity index (χ1n) is 13.2. The van der Waals surface area contributed by atoms with E-state index in [1.807, 2.05) is 30.3 Å². The van der Waals surface area contributed by atoms with Crippen LogP contribution in [-0.4, -0.2) is 59.8 Å². The zero-order valence-corrected chi connectivity index (χ0v) is 22.7. The number of ether oxygens (including phenoxy) is 2. The Morgan fingerprint density at radius 1 is 0.974 bits per heavy atom. The Bertz CT molecular complexity index is 1530. The van der Waals surface area contributed by atoms with Crippen molar-refractivity contribution in [3.8, 4) is 5.75 Å². The molecule has 0 aliphatic carbocycles. The van der Waals surface area contributed by atoms with Gasteiger partial charge in [-0.15, -0.1) is 0 Å². The molecule has 204 valence electrons. The average molecular weight is 531 g/mol. The van der Waals surface area contributed by atoms with Gasteiger partial charge in [0, 0.05) is 58.4 Å². The van der Waals surface area contributed by atoms with Crippen molar-refractivity contribution in [2.75, 3.05) is 44.7 Å². The molecule has 2 aromatic carbocycles. The normalized spacial score (nSPS) is 16.3. The van der Waals surface area contributed by atoms with Crippen molar-refractivity contribution >= 4 is 17.4 Å². The number of anilines is 1. The van der Waals surface area contributed by atoms with Crippen LogP contribution < -0.4 is 20.9 Å². The minimum Gasteiger partial charge on any atom is -0.488 e. The van der Waals surface area contributed by atoms with Crippen LogP contribution in [0.5, 0.6) is 5.75 Å². The van der Waals surface area contributed by atoms with E-state index in [4.69, 9.17) is 9.47 Å². The Morgan fingerprint density at radius 3 is 2.51 bits per heavy atom. The lowest BCUT2D eigenvalue weighted by atomic mass is 9.92. The van der Waals surface area contributed by atoms with Crippen LogP contribution in [0, 0.1) is 0 Å². The highest BCUT2D eigenvalue weighted by molar-refractivity contribution is 5.85. The number of esters is 1. The van der Waals surface area contributed by atoms with Crippen LogP contribution in [0.3, 0.4) is 0 Å². The van der Waals surface area contributed by atoms with Crippen LogP contribution in [0.2, 0.25) is 0 Å². The zero-order valence-electron chi connectivity index (χ0n) is 22.7. The molecule has 2 aliphatic rings. The Morgan fingerprint density at radius 2 is 1.74 bits per heavy atom. The lowest BCUT2D eigenvalue weighted by Crippen LogP contribution is -2.49. The lowest BCUT2D eigenvalue weighted by Gasteiger charge is -2.36. The summed E-state index contributed by atoms with van der Waals surface area (Å²) in [5.41, 5.74) is 4.65. The Kier molecular flexibility index (Phi) is 7.70. The van der Waals surface area contributed by atoms with E-state index < -0.39 is 0 Å². The summed E-state index contributed by atoms with van der Waals surface area (Å²) in [4.78, 5) is 40.9. The predicted octanol–water partition coefficient (Wildman–Crippen LogP) is 2.34. The monoisotopic (exact) mass is 530 g/mol. The van der Waals surface area contributed by atoms with Crippen molar-refractivity contribution in [2.45, 2.75) is 19.4 Å². The third-order valence-corrected chi connectivity index (χ3v) is 7.59. The molecule has 3 aromatic rings. The van der Waals surface area contributed by atoms with Crippen molar-refractivity contribution in [1.82, 2.24) is 14.0 Å². The topological polar surface area (TPSA) is 86.0 Å². The van der Waals surface area contributed by atoms with E-state index in [1.54, 1.807) is 17.7 Å². The van der Waals surface area contributed by atoms with Crippen molar-refractivity contribution < 1.29 is 14.3 Å². The van der Waals surface area contributed by atoms with Gasteiger partial charge in [-0.25, -0.2) is 4.79 Å². The summed E-state index contributed by atoms with van der Waals surface area (Å²) in [6, 6.07) is 15.7. The number of nitrogens with zero attached hydrogens (tertiary/aromatic N) is 4. The Hall–Kier alpha value is -4.11. The molecule has 5 rings (SSSR count). The van der Waals surface area contributed by atoms with E-state index in [9.17, 15) is 14.4 Å². The number of benzene rings is 2. The predicted molar refractivity (Wildman–Crippen MR) is 150 cm³/mol. The summed E-state index contributed by atoms with van der Waals surface area (Å²) in [5, 5.41) is 0. The molecule has 0 N–H and O–H groups in total. The molecule has 39 heavy (non-hydrogen) atoms. The zero-order chi connectivity index (χ0) is 27.5. The summed E-state index contributed by atoms with van der Waals surface area (Å²) in [7, 11) is 4.61. The van der Waals surface area contributed by atoms with Crippen LogP contribution in [0.1, 0.15) is 28.7 Å². The molecule has 0 atom stereocenters. The molecule has 0 bridgehead atoms. The standard InChI is InChI=1S/C30H34N4O5/c1-31-27(19-28(35)32(2)30(31)37)34-15-13-33(14-16-34)12-6-9-24-23-8-5-4-7-22(23)20-39-26-11-10-21(17-25(24)26)18-29(36)38-3/h4-5,7-11,17,19H,6,12-16,18,20H2,1-3H3. The number of methoxy groups -OCH3 is 1. The van der Waals surface area contributed by atoms with Crippen LogP contribution in [0.15, 0.2) is 64.2 Å². The van der Waals surface area contributed by atoms with E-state index >= 15 is 0 Å². The number of aromatic nitrogens is 2. The molecule has 0 radical (unpaired) electrons. The number of carbonyl (C=O) groups is 1. The van der Waals surface area contributed by atoms with Gasteiger partial charge in [0.1, 0.15) is 18.2 Å². The quantitative estimate of drug-likeness (QED) is 0.452. The third kappa shape index (κ3) is 5.54. The number of hydrogen-bond donors (Lipinski definition) is 0. The van der Waals surface area contributed by atoms with Gasteiger partial charge in [-0.3, -0.25) is 23.6 Å². The molecule has 9 nitrogen and oxygen atoms in total. The largest absolute Gasteiger partial charge is 0.488 e. The summed E-state index contributed by atoms with van der Waals surface area (Å²) in [6.07, 6.45) is 3.32. The molecule has 9 heteroatoms. The van der Waals surface area contributed by atoms with Crippen molar-refractivity contribution in [3.63, 3.8) is 0 Å². The van der Waals surface area contributed by atoms with E-state index in [2.05, 4.69) is 28.0 Å². The van der Waals surface area contributed by atoms with Gasteiger partial charge in [-0.2, -0.15) is 0 Å². The fraction of sp³-hybridized carbons (Fsp3) is 0.367. The van der Waals surface area contributed by atoms with Crippen LogP contribution in [0.25, 0.3) is 5.57 Å². The highest BCUT2D eigenvalue weighted by Gasteiger charge is 2.22. The summed E-state index contributed by atoms with van der Waals surface area (Å²) >= 11 is 0. The van der Waals surface area contributed by atoms with Crippen LogP contribution in [0.4, 0.5) is 5.82 Å². The summed E-state index contributed by atoms with van der Waals surface area (Å²) in [5.74, 6) is 1.20. The van der Waals surface area contributed by atoms with Gasteiger partial charge in [-0.1, -0.05) is 36.4 Å². The molecule has 0 spiro atoms. The summed E-state index contributed by atoms with van der Waals surface area (Å²) in [6.45, 7) is 4.54. The van der Waals surface area contributed by atoms with Gasteiger partial charge >= 0.3 is 11.7 Å². The molecule has 2 aliphatic heterocycles. The molecule has 0 saturated carbocycles. The fourth-order valence-corrected chi connectivity index (χ4v) is 5.31.